The van der Waals surface area contributed by atoms with Crippen LogP contribution in [0.3, 0.4) is 0 Å². The van der Waals surface area contributed by atoms with Gasteiger partial charge in [0.05, 0.1) is 5.56 Å². The number of aryl methyl sites for hydroxylation is 1. The van der Waals surface area contributed by atoms with Crippen LogP contribution in [0.25, 0.3) is 0 Å². The summed E-state index contributed by atoms with van der Waals surface area (Å²) in [6, 6.07) is 0. The van der Waals surface area contributed by atoms with Crippen LogP contribution in [-0.4, -0.2) is 40.5 Å². The predicted octanol–water partition coefficient (Wildman–Crippen LogP) is 1.81. The van der Waals surface area contributed by atoms with Crippen LogP contribution in [0.15, 0.2) is 0 Å². The molecule has 0 bridgehead atoms. The van der Waals surface area contributed by atoms with Gasteiger partial charge in [-0.2, -0.15) is 0 Å². The third-order valence-corrected chi connectivity index (χ3v) is 3.44. The zero-order valence-electron chi connectivity index (χ0n) is 10.9. The molecule has 1 aromatic heterocycles. The molecular weight excluding hydrogens is 232 g/mol. The fraction of sp³-hybridized carbons (Fsp3) is 0.538. The molecule has 2 N–H and O–H groups in total. The van der Waals surface area contributed by atoms with Crippen LogP contribution in [0.4, 0.5) is 0 Å². The van der Waals surface area contributed by atoms with Gasteiger partial charge in [-0.05, 0) is 38.2 Å². The fourth-order valence-electron chi connectivity index (χ4n) is 2.25. The smallest absolute Gasteiger partial charge is 0.352 e. The Morgan fingerprint density at radius 3 is 2.44 bits per heavy atom. The maximum Gasteiger partial charge on any atom is 0.352 e. The molecule has 0 atom stereocenters. The third kappa shape index (κ3) is 2.25. The number of rotatable bonds is 4. The highest BCUT2D eigenvalue weighted by atomic mass is 16.4. The average Bonchev–Trinajstić information content (AvgIpc) is 3.03. The van der Waals surface area contributed by atoms with Gasteiger partial charge in [-0.15, -0.1) is 0 Å². The number of hydrogen-bond acceptors (Lipinski definition) is 2. The van der Waals surface area contributed by atoms with Gasteiger partial charge in [0.25, 0.3) is 5.91 Å². The normalized spacial score (nSPS) is 14.6. The van der Waals surface area contributed by atoms with E-state index in [1.165, 1.54) is 12.8 Å². The fourth-order valence-corrected chi connectivity index (χ4v) is 2.25. The number of aromatic carboxylic acids is 1. The molecule has 5 heteroatoms. The second kappa shape index (κ2) is 4.48. The van der Waals surface area contributed by atoms with Crippen LogP contribution in [-0.2, 0) is 0 Å². The Hall–Kier alpha value is -1.78. The SMILES string of the molecule is Cc1[nH]c(C(=O)O)c(C)c1C(=O)N(C)CC1CC1. The van der Waals surface area contributed by atoms with Gasteiger partial charge in [-0.25, -0.2) is 4.79 Å². The van der Waals surface area contributed by atoms with Gasteiger partial charge in [0.15, 0.2) is 0 Å². The van der Waals surface area contributed by atoms with Gasteiger partial charge < -0.3 is 15.0 Å². The van der Waals surface area contributed by atoms with Crippen LogP contribution in [0, 0.1) is 19.8 Å². The van der Waals surface area contributed by atoms with Crippen molar-refractivity contribution in [2.45, 2.75) is 26.7 Å². The van der Waals surface area contributed by atoms with Gasteiger partial charge in [-0.3, -0.25) is 4.79 Å². The van der Waals surface area contributed by atoms with Gasteiger partial charge in [0, 0.05) is 19.3 Å². The Morgan fingerprint density at radius 2 is 2.00 bits per heavy atom. The second-order valence-electron chi connectivity index (χ2n) is 5.06. The zero-order valence-corrected chi connectivity index (χ0v) is 10.9. The van der Waals surface area contributed by atoms with Crippen LogP contribution >= 0.6 is 0 Å². The van der Waals surface area contributed by atoms with Crippen molar-refractivity contribution in [1.82, 2.24) is 9.88 Å². The Morgan fingerprint density at radius 1 is 1.39 bits per heavy atom. The number of carboxylic acid groups (broad SMARTS) is 1. The summed E-state index contributed by atoms with van der Waals surface area (Å²) < 4.78 is 0. The quantitative estimate of drug-likeness (QED) is 0.856. The van der Waals surface area contributed by atoms with E-state index in [2.05, 4.69) is 4.98 Å². The molecule has 1 aliphatic carbocycles. The summed E-state index contributed by atoms with van der Waals surface area (Å²) in [6.45, 7) is 4.16. The Bertz CT molecular complexity index is 501. The first-order valence-electron chi connectivity index (χ1n) is 6.09. The minimum absolute atomic E-state index is 0.0966. The van der Waals surface area contributed by atoms with E-state index in [1.807, 2.05) is 0 Å². The number of carbonyl (C=O) groups is 2. The Kier molecular flexibility index (Phi) is 3.15. The molecule has 0 spiro atoms. The summed E-state index contributed by atoms with van der Waals surface area (Å²) in [4.78, 5) is 27.8. The monoisotopic (exact) mass is 250 g/mol. The molecule has 1 saturated carbocycles. The first kappa shape index (κ1) is 12.7. The van der Waals surface area contributed by atoms with Gasteiger partial charge in [-0.1, -0.05) is 0 Å². The molecule has 0 radical (unpaired) electrons. The van der Waals surface area contributed by atoms with Crippen LogP contribution < -0.4 is 0 Å². The number of hydrogen-bond donors (Lipinski definition) is 2. The van der Waals surface area contributed by atoms with E-state index >= 15 is 0 Å². The van der Waals surface area contributed by atoms with Gasteiger partial charge >= 0.3 is 5.97 Å². The minimum Gasteiger partial charge on any atom is -0.477 e. The lowest BCUT2D eigenvalue weighted by Crippen LogP contribution is -2.29. The lowest BCUT2D eigenvalue weighted by atomic mass is 10.1. The summed E-state index contributed by atoms with van der Waals surface area (Å²) in [6.07, 6.45) is 2.37. The van der Waals surface area contributed by atoms with E-state index in [0.29, 0.717) is 22.7 Å². The Balaban J connectivity index is 2.26. The molecular formula is C13H18N2O3. The van der Waals surface area contributed by atoms with Crippen LogP contribution in [0.2, 0.25) is 0 Å². The van der Waals surface area contributed by atoms with Crippen molar-refractivity contribution >= 4 is 11.9 Å². The zero-order chi connectivity index (χ0) is 13.4. The van der Waals surface area contributed by atoms with E-state index in [9.17, 15) is 9.59 Å². The molecule has 0 unspecified atom stereocenters. The Labute approximate surface area is 106 Å². The molecule has 1 aromatic rings. The predicted molar refractivity (Wildman–Crippen MR) is 66.9 cm³/mol. The maximum absolute atomic E-state index is 12.3. The summed E-state index contributed by atoms with van der Waals surface area (Å²) in [5.74, 6) is -0.502. The van der Waals surface area contributed by atoms with Crippen molar-refractivity contribution in [3.8, 4) is 0 Å². The highest BCUT2D eigenvalue weighted by Gasteiger charge is 2.28. The molecule has 1 heterocycles. The highest BCUT2D eigenvalue weighted by molar-refractivity contribution is 6.00. The third-order valence-electron chi connectivity index (χ3n) is 3.44. The number of H-pyrrole nitrogens is 1. The van der Waals surface area contributed by atoms with Crippen LogP contribution in [0.1, 0.15) is 44.9 Å². The van der Waals surface area contributed by atoms with E-state index in [1.54, 1.807) is 25.8 Å². The number of aromatic nitrogens is 1. The summed E-state index contributed by atoms with van der Waals surface area (Å²) in [7, 11) is 1.77. The molecule has 1 aliphatic rings. The lowest BCUT2D eigenvalue weighted by Gasteiger charge is -2.17. The average molecular weight is 250 g/mol. The molecule has 2 rings (SSSR count). The number of nitrogens with one attached hydrogen (secondary N) is 1. The van der Waals surface area contributed by atoms with E-state index < -0.39 is 5.97 Å². The number of aromatic amines is 1. The van der Waals surface area contributed by atoms with Crippen molar-refractivity contribution in [2.75, 3.05) is 13.6 Å². The van der Waals surface area contributed by atoms with Gasteiger partial charge in [0.2, 0.25) is 0 Å². The standard InChI is InChI=1S/C13H18N2O3/c1-7-10(8(2)14-11(7)13(17)18)12(16)15(3)6-9-4-5-9/h9,14H,4-6H2,1-3H3,(H,17,18). The van der Waals surface area contributed by atoms with Crippen molar-refractivity contribution in [2.24, 2.45) is 5.92 Å². The molecule has 0 saturated heterocycles. The van der Waals surface area contributed by atoms with Crippen molar-refractivity contribution in [1.29, 1.82) is 0 Å². The van der Waals surface area contributed by atoms with Crippen molar-refractivity contribution in [3.05, 3.63) is 22.5 Å². The molecule has 98 valence electrons. The summed E-state index contributed by atoms with van der Waals surface area (Å²) in [5.41, 5.74) is 1.75. The van der Waals surface area contributed by atoms with Crippen LogP contribution in [0.5, 0.6) is 0 Å². The minimum atomic E-state index is -1.03. The van der Waals surface area contributed by atoms with Crippen molar-refractivity contribution in [3.63, 3.8) is 0 Å². The topological polar surface area (TPSA) is 73.4 Å². The van der Waals surface area contributed by atoms with Crippen molar-refractivity contribution < 1.29 is 14.7 Å². The summed E-state index contributed by atoms with van der Waals surface area (Å²) >= 11 is 0. The highest BCUT2D eigenvalue weighted by Crippen LogP contribution is 2.30. The molecule has 5 nitrogen and oxygen atoms in total. The first-order valence-corrected chi connectivity index (χ1v) is 6.09. The number of carboxylic acids is 1. The molecule has 1 fully saturated rings. The second-order valence-corrected chi connectivity index (χ2v) is 5.06. The first-order chi connectivity index (χ1) is 8.41. The molecule has 0 aliphatic heterocycles. The number of carbonyl (C=O) groups excluding carboxylic acids is 1. The van der Waals surface area contributed by atoms with E-state index in [0.717, 1.165) is 6.54 Å². The van der Waals surface area contributed by atoms with Gasteiger partial charge in [0.1, 0.15) is 5.69 Å². The number of amides is 1. The lowest BCUT2D eigenvalue weighted by molar-refractivity contribution is 0.0690. The molecule has 1 amide bonds. The van der Waals surface area contributed by atoms with E-state index in [4.69, 9.17) is 5.11 Å². The molecule has 18 heavy (non-hydrogen) atoms. The molecule has 0 aromatic carbocycles. The summed E-state index contributed by atoms with van der Waals surface area (Å²) in [5, 5.41) is 9.02. The maximum atomic E-state index is 12.3. The van der Waals surface area contributed by atoms with E-state index in [-0.39, 0.29) is 11.6 Å². The largest absolute Gasteiger partial charge is 0.477 e. The number of nitrogens with zero attached hydrogens (tertiary/aromatic N) is 1.